The van der Waals surface area contributed by atoms with Gasteiger partial charge >= 0.3 is 0 Å². The van der Waals surface area contributed by atoms with Crippen molar-refractivity contribution in [2.45, 2.75) is 23.0 Å². The molecule has 4 heteroatoms. The predicted molar refractivity (Wildman–Crippen MR) is 51.4 cm³/mol. The van der Waals surface area contributed by atoms with Crippen LogP contribution in [-0.2, 0) is 9.84 Å². The summed E-state index contributed by atoms with van der Waals surface area (Å²) < 4.78 is 23.6. The standard InChI is InChI=1S/C10H9NO2S/c11-7-8-3-1-2-4-10(8)14(12,13)9-5-6-9/h1-4,9H,5-6H2. The summed E-state index contributed by atoms with van der Waals surface area (Å²) in [5.74, 6) is 0. The van der Waals surface area contributed by atoms with Gasteiger partial charge < -0.3 is 0 Å². The van der Waals surface area contributed by atoms with Gasteiger partial charge in [-0.25, -0.2) is 8.42 Å². The number of sulfone groups is 1. The fraction of sp³-hybridized carbons (Fsp3) is 0.300. The second kappa shape index (κ2) is 3.10. The summed E-state index contributed by atoms with van der Waals surface area (Å²) in [6.07, 6.45) is 1.45. The van der Waals surface area contributed by atoms with E-state index in [0.29, 0.717) is 0 Å². The maximum Gasteiger partial charge on any atom is 0.182 e. The van der Waals surface area contributed by atoms with Gasteiger partial charge in [-0.3, -0.25) is 0 Å². The number of hydrogen-bond donors (Lipinski definition) is 0. The molecule has 0 atom stereocenters. The molecule has 1 aliphatic rings. The smallest absolute Gasteiger partial charge is 0.182 e. The van der Waals surface area contributed by atoms with Crippen molar-refractivity contribution in [1.29, 1.82) is 5.26 Å². The lowest BCUT2D eigenvalue weighted by atomic mass is 10.2. The molecule has 1 saturated carbocycles. The molecule has 3 nitrogen and oxygen atoms in total. The summed E-state index contributed by atoms with van der Waals surface area (Å²) in [6.45, 7) is 0. The number of rotatable bonds is 2. The molecule has 0 saturated heterocycles. The third-order valence-electron chi connectivity index (χ3n) is 2.28. The fourth-order valence-corrected chi connectivity index (χ4v) is 3.17. The molecule has 0 amide bonds. The van der Waals surface area contributed by atoms with Crippen molar-refractivity contribution in [3.63, 3.8) is 0 Å². The Bertz CT molecular complexity index is 495. The largest absolute Gasteiger partial charge is 0.223 e. The first-order chi connectivity index (χ1) is 6.66. The van der Waals surface area contributed by atoms with Gasteiger partial charge in [-0.15, -0.1) is 0 Å². The summed E-state index contributed by atoms with van der Waals surface area (Å²) in [7, 11) is -3.23. The van der Waals surface area contributed by atoms with Crippen LogP contribution in [0.25, 0.3) is 0 Å². The molecular weight excluding hydrogens is 198 g/mol. The van der Waals surface area contributed by atoms with Gasteiger partial charge in [0.05, 0.1) is 15.7 Å². The van der Waals surface area contributed by atoms with Crippen LogP contribution in [0.4, 0.5) is 0 Å². The Morgan fingerprint density at radius 3 is 2.50 bits per heavy atom. The average Bonchev–Trinajstić information content (AvgIpc) is 3.01. The Labute approximate surface area is 82.9 Å². The lowest BCUT2D eigenvalue weighted by molar-refractivity contribution is 0.594. The quantitative estimate of drug-likeness (QED) is 0.738. The van der Waals surface area contributed by atoms with E-state index in [4.69, 9.17) is 5.26 Å². The zero-order valence-corrected chi connectivity index (χ0v) is 8.29. The molecule has 0 radical (unpaired) electrons. The van der Waals surface area contributed by atoms with Gasteiger partial charge in [0, 0.05) is 0 Å². The van der Waals surface area contributed by atoms with Gasteiger partial charge in [0.1, 0.15) is 6.07 Å². The van der Waals surface area contributed by atoms with E-state index < -0.39 is 9.84 Å². The SMILES string of the molecule is N#Cc1ccccc1S(=O)(=O)C1CC1. The van der Waals surface area contributed by atoms with Gasteiger partial charge in [-0.05, 0) is 25.0 Å². The maximum absolute atomic E-state index is 11.8. The van der Waals surface area contributed by atoms with E-state index >= 15 is 0 Å². The topological polar surface area (TPSA) is 57.9 Å². The second-order valence-corrected chi connectivity index (χ2v) is 5.55. The lowest BCUT2D eigenvalue weighted by Crippen LogP contribution is -2.08. The van der Waals surface area contributed by atoms with Crippen LogP contribution in [0.15, 0.2) is 29.2 Å². The van der Waals surface area contributed by atoms with Crippen LogP contribution in [0, 0.1) is 11.3 Å². The highest BCUT2D eigenvalue weighted by molar-refractivity contribution is 7.92. The molecule has 0 spiro atoms. The van der Waals surface area contributed by atoms with Crippen LogP contribution >= 0.6 is 0 Å². The highest BCUT2D eigenvalue weighted by Crippen LogP contribution is 2.34. The van der Waals surface area contributed by atoms with Crippen molar-refractivity contribution in [2.24, 2.45) is 0 Å². The minimum absolute atomic E-state index is 0.185. The van der Waals surface area contributed by atoms with Crippen LogP contribution in [0.2, 0.25) is 0 Å². The molecular formula is C10H9NO2S. The van der Waals surface area contributed by atoms with E-state index in [-0.39, 0.29) is 15.7 Å². The predicted octanol–water partition coefficient (Wildman–Crippen LogP) is 1.49. The van der Waals surface area contributed by atoms with Gasteiger partial charge in [-0.2, -0.15) is 5.26 Å². The van der Waals surface area contributed by atoms with E-state index in [0.717, 1.165) is 12.8 Å². The first-order valence-corrected chi connectivity index (χ1v) is 5.94. The van der Waals surface area contributed by atoms with Crippen LogP contribution in [0.5, 0.6) is 0 Å². The van der Waals surface area contributed by atoms with Crippen LogP contribution in [0.3, 0.4) is 0 Å². The first kappa shape index (κ1) is 9.22. The summed E-state index contributed by atoms with van der Waals surface area (Å²) in [6, 6.07) is 8.27. The molecule has 0 unspecified atom stereocenters. The molecule has 1 fully saturated rings. The minimum atomic E-state index is -3.23. The number of nitriles is 1. The second-order valence-electron chi connectivity index (χ2n) is 3.35. The molecule has 14 heavy (non-hydrogen) atoms. The average molecular weight is 207 g/mol. The zero-order valence-electron chi connectivity index (χ0n) is 7.47. The van der Waals surface area contributed by atoms with Crippen molar-refractivity contribution in [2.75, 3.05) is 0 Å². The lowest BCUT2D eigenvalue weighted by Gasteiger charge is -2.03. The molecule has 0 N–H and O–H groups in total. The highest BCUT2D eigenvalue weighted by atomic mass is 32.2. The molecule has 1 aromatic rings. The van der Waals surface area contributed by atoms with E-state index in [1.165, 1.54) is 12.1 Å². The highest BCUT2D eigenvalue weighted by Gasteiger charge is 2.37. The molecule has 0 aliphatic heterocycles. The summed E-state index contributed by atoms with van der Waals surface area (Å²) >= 11 is 0. The van der Waals surface area contributed by atoms with Gasteiger partial charge in [0.15, 0.2) is 9.84 Å². The molecule has 0 aromatic heterocycles. The molecule has 2 rings (SSSR count). The summed E-state index contributed by atoms with van der Waals surface area (Å²) in [5, 5.41) is 8.52. The van der Waals surface area contributed by atoms with Crippen molar-refractivity contribution >= 4 is 9.84 Å². The third-order valence-corrected chi connectivity index (χ3v) is 4.60. The van der Waals surface area contributed by atoms with Crippen molar-refractivity contribution < 1.29 is 8.42 Å². The zero-order chi connectivity index (χ0) is 10.2. The third kappa shape index (κ3) is 1.40. The van der Waals surface area contributed by atoms with Gasteiger partial charge in [0.2, 0.25) is 0 Å². The van der Waals surface area contributed by atoms with E-state index in [2.05, 4.69) is 0 Å². The Morgan fingerprint density at radius 2 is 1.93 bits per heavy atom. The van der Waals surface area contributed by atoms with Gasteiger partial charge in [-0.1, -0.05) is 12.1 Å². The fourth-order valence-electron chi connectivity index (χ4n) is 1.37. The summed E-state index contributed by atoms with van der Waals surface area (Å²) in [5.41, 5.74) is 0.249. The number of nitrogens with zero attached hydrogens (tertiary/aromatic N) is 1. The van der Waals surface area contributed by atoms with Gasteiger partial charge in [0.25, 0.3) is 0 Å². The van der Waals surface area contributed by atoms with Crippen LogP contribution < -0.4 is 0 Å². The van der Waals surface area contributed by atoms with Crippen molar-refractivity contribution in [1.82, 2.24) is 0 Å². The van der Waals surface area contributed by atoms with Crippen molar-refractivity contribution in [3.05, 3.63) is 29.8 Å². The monoisotopic (exact) mass is 207 g/mol. The Morgan fingerprint density at radius 1 is 1.29 bits per heavy atom. The number of benzene rings is 1. The number of hydrogen-bond acceptors (Lipinski definition) is 3. The minimum Gasteiger partial charge on any atom is -0.223 e. The molecule has 1 aromatic carbocycles. The van der Waals surface area contributed by atoms with E-state index in [1.54, 1.807) is 12.1 Å². The summed E-state index contributed by atoms with van der Waals surface area (Å²) in [4.78, 5) is 0.185. The Hall–Kier alpha value is -1.34. The molecule has 72 valence electrons. The first-order valence-electron chi connectivity index (χ1n) is 4.39. The van der Waals surface area contributed by atoms with Crippen LogP contribution in [-0.4, -0.2) is 13.7 Å². The van der Waals surface area contributed by atoms with E-state index in [1.807, 2.05) is 6.07 Å². The Balaban J connectivity index is 2.56. The van der Waals surface area contributed by atoms with Crippen LogP contribution in [0.1, 0.15) is 18.4 Å². The molecule has 0 heterocycles. The molecule has 0 bridgehead atoms. The maximum atomic E-state index is 11.8. The van der Waals surface area contributed by atoms with E-state index in [9.17, 15) is 8.42 Å². The normalized spacial score (nSPS) is 16.2. The molecule has 1 aliphatic carbocycles. The Kier molecular flexibility index (Phi) is 2.05. The van der Waals surface area contributed by atoms with Crippen molar-refractivity contribution in [3.8, 4) is 6.07 Å².